The van der Waals surface area contributed by atoms with Crippen LogP contribution in [0.4, 0.5) is 20.9 Å². The van der Waals surface area contributed by atoms with Crippen molar-refractivity contribution in [2.24, 2.45) is 12.8 Å². The van der Waals surface area contributed by atoms with E-state index in [9.17, 15) is 9.18 Å². The Bertz CT molecular complexity index is 1030. The van der Waals surface area contributed by atoms with Crippen LogP contribution in [-0.4, -0.2) is 39.8 Å². The number of nitrogens with one attached hydrogen (secondary N) is 1. The molecule has 1 saturated heterocycles. The van der Waals surface area contributed by atoms with Gasteiger partial charge in [0, 0.05) is 26.2 Å². The second-order valence-electron chi connectivity index (χ2n) is 6.98. The Morgan fingerprint density at radius 2 is 2.18 bits per heavy atom. The number of amides is 1. The van der Waals surface area contributed by atoms with Gasteiger partial charge in [-0.1, -0.05) is 0 Å². The summed E-state index contributed by atoms with van der Waals surface area (Å²) in [6, 6.07) is 1.52. The fourth-order valence-electron chi connectivity index (χ4n) is 3.60. The van der Waals surface area contributed by atoms with E-state index in [0.717, 1.165) is 55.7 Å². The molecular formula is C18H22FN7OS. The van der Waals surface area contributed by atoms with Gasteiger partial charge in [0.1, 0.15) is 22.1 Å². The molecular weight excluding hydrogens is 381 g/mol. The van der Waals surface area contributed by atoms with E-state index in [0.29, 0.717) is 20.9 Å². The lowest BCUT2D eigenvalue weighted by Gasteiger charge is -2.24. The third-order valence-corrected chi connectivity index (χ3v) is 5.93. The van der Waals surface area contributed by atoms with E-state index < -0.39 is 5.82 Å². The minimum Gasteiger partial charge on any atom is -0.390 e. The van der Waals surface area contributed by atoms with Crippen LogP contribution < -0.4 is 21.7 Å². The van der Waals surface area contributed by atoms with Crippen molar-refractivity contribution in [3.05, 3.63) is 29.8 Å². The topological polar surface area (TPSA) is 115 Å². The van der Waals surface area contributed by atoms with Crippen LogP contribution in [0, 0.1) is 5.82 Å². The molecule has 0 aliphatic carbocycles. The van der Waals surface area contributed by atoms with Crippen LogP contribution in [0.1, 0.15) is 29.6 Å². The number of nitrogen functional groups attached to an aromatic ring is 1. The van der Waals surface area contributed by atoms with Crippen molar-refractivity contribution < 1.29 is 9.18 Å². The number of nitrogens with zero attached hydrogens (tertiary/aromatic N) is 4. The van der Waals surface area contributed by atoms with Gasteiger partial charge in [0.2, 0.25) is 0 Å². The minimum atomic E-state index is -0.463. The van der Waals surface area contributed by atoms with Gasteiger partial charge in [-0.2, -0.15) is 5.10 Å². The molecule has 1 fully saturated rings. The van der Waals surface area contributed by atoms with Crippen molar-refractivity contribution in [2.75, 3.05) is 29.0 Å². The zero-order valence-electron chi connectivity index (χ0n) is 15.5. The summed E-state index contributed by atoms with van der Waals surface area (Å²) < 4.78 is 15.7. The summed E-state index contributed by atoms with van der Waals surface area (Å²) in [6.45, 7) is 1.65. The number of aromatic nitrogens is 3. The largest absolute Gasteiger partial charge is 0.390 e. The first-order chi connectivity index (χ1) is 13.4. The number of aryl methyl sites for hydroxylation is 1. The summed E-state index contributed by atoms with van der Waals surface area (Å²) in [5.74, 6) is -0.0159. The highest BCUT2D eigenvalue weighted by atomic mass is 32.1. The van der Waals surface area contributed by atoms with E-state index in [1.807, 2.05) is 7.05 Å². The number of hydrogen-bond acceptors (Lipinski definition) is 7. The first kappa shape index (κ1) is 18.6. The van der Waals surface area contributed by atoms with Crippen LogP contribution in [0.25, 0.3) is 10.2 Å². The highest BCUT2D eigenvalue weighted by molar-refractivity contribution is 7.23. The molecule has 1 aliphatic rings. The van der Waals surface area contributed by atoms with E-state index in [4.69, 9.17) is 11.5 Å². The Balaban J connectivity index is 1.64. The predicted molar refractivity (Wildman–Crippen MR) is 109 cm³/mol. The van der Waals surface area contributed by atoms with Gasteiger partial charge < -0.3 is 21.7 Å². The Morgan fingerprint density at radius 3 is 3.00 bits per heavy atom. The fraction of sp³-hybridized carbons (Fsp3) is 0.389. The maximum absolute atomic E-state index is 13.4. The molecule has 0 spiro atoms. The van der Waals surface area contributed by atoms with E-state index in [1.165, 1.54) is 6.07 Å². The van der Waals surface area contributed by atoms with Crippen molar-refractivity contribution in [2.45, 2.75) is 25.3 Å². The lowest BCUT2D eigenvalue weighted by atomic mass is 10.1. The van der Waals surface area contributed by atoms with Crippen molar-refractivity contribution in [3.63, 3.8) is 0 Å². The molecule has 0 saturated carbocycles. The molecule has 3 aromatic heterocycles. The second-order valence-corrected chi connectivity index (χ2v) is 8.06. The molecule has 10 heteroatoms. The van der Waals surface area contributed by atoms with Crippen molar-refractivity contribution in [1.82, 2.24) is 14.8 Å². The van der Waals surface area contributed by atoms with Gasteiger partial charge in [0.25, 0.3) is 5.91 Å². The maximum Gasteiger partial charge on any atom is 0.261 e. The monoisotopic (exact) mass is 403 g/mol. The Kier molecular flexibility index (Phi) is 4.90. The fourth-order valence-corrected chi connectivity index (χ4v) is 4.56. The van der Waals surface area contributed by atoms with Crippen LogP contribution in [-0.2, 0) is 7.05 Å². The normalized spacial score (nSPS) is 17.7. The Morgan fingerprint density at radius 1 is 1.36 bits per heavy atom. The lowest BCUT2D eigenvalue weighted by Crippen LogP contribution is -2.29. The second kappa shape index (κ2) is 7.36. The summed E-state index contributed by atoms with van der Waals surface area (Å²) >= 11 is 1.14. The molecule has 5 N–H and O–H groups in total. The number of carbonyl (C=O) groups excluding carboxylic acids is 1. The first-order valence-electron chi connectivity index (χ1n) is 9.11. The van der Waals surface area contributed by atoms with Gasteiger partial charge in [0.15, 0.2) is 5.82 Å². The van der Waals surface area contributed by atoms with Crippen molar-refractivity contribution >= 4 is 44.0 Å². The molecule has 8 nitrogen and oxygen atoms in total. The first-order valence-corrected chi connectivity index (χ1v) is 9.93. The number of pyridine rings is 1. The standard InChI is InChI=1S/C18H22FN7OS/c1-25-18(26-5-2-3-11(20)4-6-26)12(9-23-25)24-17(27)14-15-13(28-16(14)21)7-10(19)8-22-15/h7-9,11H,2-6,20-21H2,1H3,(H,24,27)/t11-/m0/s1. The number of anilines is 3. The average Bonchev–Trinajstić information content (AvgIpc) is 3.07. The van der Waals surface area contributed by atoms with E-state index in [-0.39, 0.29) is 17.5 Å². The van der Waals surface area contributed by atoms with E-state index >= 15 is 0 Å². The molecule has 0 radical (unpaired) electrons. The quantitative estimate of drug-likeness (QED) is 0.618. The average molecular weight is 403 g/mol. The van der Waals surface area contributed by atoms with E-state index in [2.05, 4.69) is 20.3 Å². The molecule has 3 aromatic rings. The van der Waals surface area contributed by atoms with E-state index in [1.54, 1.807) is 10.9 Å². The zero-order chi connectivity index (χ0) is 19.8. The van der Waals surface area contributed by atoms with Gasteiger partial charge in [-0.05, 0) is 25.3 Å². The molecule has 4 rings (SSSR count). The zero-order valence-corrected chi connectivity index (χ0v) is 16.3. The number of nitrogens with two attached hydrogens (primary N) is 2. The molecule has 0 bridgehead atoms. The van der Waals surface area contributed by atoms with Crippen LogP contribution in [0.2, 0.25) is 0 Å². The molecule has 148 valence electrons. The van der Waals surface area contributed by atoms with Crippen LogP contribution in [0.15, 0.2) is 18.5 Å². The summed E-state index contributed by atoms with van der Waals surface area (Å²) in [5.41, 5.74) is 13.4. The molecule has 1 amide bonds. The highest BCUT2D eigenvalue weighted by Gasteiger charge is 2.24. The summed E-state index contributed by atoms with van der Waals surface area (Å²) in [6.07, 6.45) is 5.56. The SMILES string of the molecule is Cn1ncc(NC(=O)c2c(N)sc3cc(F)cnc23)c1N1CCC[C@H](N)CC1. The van der Waals surface area contributed by atoms with Crippen LogP contribution >= 0.6 is 11.3 Å². The summed E-state index contributed by atoms with van der Waals surface area (Å²) in [7, 11) is 1.84. The van der Waals surface area contributed by atoms with Gasteiger partial charge >= 0.3 is 0 Å². The molecule has 1 atom stereocenters. The predicted octanol–water partition coefficient (Wildman–Crippen LogP) is 2.32. The Labute approximate surface area is 165 Å². The number of rotatable bonds is 3. The number of halogens is 1. The maximum atomic E-state index is 13.4. The molecule has 1 aliphatic heterocycles. The van der Waals surface area contributed by atoms with Crippen LogP contribution in [0.5, 0.6) is 0 Å². The minimum absolute atomic E-state index is 0.194. The smallest absolute Gasteiger partial charge is 0.261 e. The summed E-state index contributed by atoms with van der Waals surface area (Å²) in [5, 5.41) is 7.52. The molecule has 4 heterocycles. The van der Waals surface area contributed by atoms with Gasteiger partial charge in [0.05, 0.1) is 22.6 Å². The highest BCUT2D eigenvalue weighted by Crippen LogP contribution is 2.34. The van der Waals surface area contributed by atoms with Crippen molar-refractivity contribution in [3.8, 4) is 0 Å². The number of fused-ring (bicyclic) bond motifs is 1. The van der Waals surface area contributed by atoms with Crippen LogP contribution in [0.3, 0.4) is 0 Å². The third kappa shape index (κ3) is 3.40. The van der Waals surface area contributed by atoms with Gasteiger partial charge in [-0.25, -0.2) is 4.39 Å². The lowest BCUT2D eigenvalue weighted by molar-refractivity contribution is 0.102. The van der Waals surface area contributed by atoms with Gasteiger partial charge in [-0.15, -0.1) is 11.3 Å². The number of carbonyl (C=O) groups is 1. The Hall–Kier alpha value is -2.72. The molecule has 28 heavy (non-hydrogen) atoms. The van der Waals surface area contributed by atoms with Gasteiger partial charge in [-0.3, -0.25) is 14.5 Å². The number of thiophene rings is 1. The molecule has 0 aromatic carbocycles. The summed E-state index contributed by atoms with van der Waals surface area (Å²) in [4.78, 5) is 19.2. The molecule has 0 unspecified atom stereocenters. The third-order valence-electron chi connectivity index (χ3n) is 4.98. The number of hydrogen-bond donors (Lipinski definition) is 3. The van der Waals surface area contributed by atoms with Crippen molar-refractivity contribution in [1.29, 1.82) is 0 Å².